The molecule has 5 aromatic rings. The number of pyridine rings is 1. The lowest BCUT2D eigenvalue weighted by molar-refractivity contribution is 1.00. The number of rotatable bonds is 0. The predicted octanol–water partition coefficient (Wildman–Crippen LogP) is 6.16. The van der Waals surface area contributed by atoms with Gasteiger partial charge in [-0.2, -0.15) is 0 Å². The van der Waals surface area contributed by atoms with E-state index < -0.39 is 0 Å². The Labute approximate surface area is 151 Å². The summed E-state index contributed by atoms with van der Waals surface area (Å²) in [6.07, 6.45) is 1.87. The molecule has 0 saturated heterocycles. The number of para-hydroxylation sites is 1. The van der Waals surface area contributed by atoms with Gasteiger partial charge in [0.25, 0.3) is 0 Å². The van der Waals surface area contributed by atoms with Crippen LogP contribution in [0.15, 0.2) is 91.1 Å². The maximum absolute atomic E-state index is 4.76. The van der Waals surface area contributed by atoms with Gasteiger partial charge in [-0.25, -0.2) is 0 Å². The first-order valence-electron chi connectivity index (χ1n) is 8.81. The highest BCUT2D eigenvalue weighted by Gasteiger charge is 2.07. The Bertz CT molecular complexity index is 1240. The molecule has 0 radical (unpaired) electrons. The molecule has 0 N–H and O–H groups in total. The van der Waals surface area contributed by atoms with Crippen molar-refractivity contribution in [3.8, 4) is 0 Å². The molecule has 0 atom stereocenters. The second kappa shape index (κ2) is 5.85. The van der Waals surface area contributed by atoms with Gasteiger partial charge < -0.3 is 4.57 Å². The smallest absolute Gasteiger partial charge is 0.0944 e. The molecule has 0 unspecified atom stereocenters. The van der Waals surface area contributed by atoms with E-state index in [-0.39, 0.29) is 0 Å². The Balaban J connectivity index is 2.31. The van der Waals surface area contributed by atoms with Crippen LogP contribution < -0.4 is 0 Å². The van der Waals surface area contributed by atoms with Crippen LogP contribution in [0.5, 0.6) is 0 Å². The van der Waals surface area contributed by atoms with Gasteiger partial charge in [0.05, 0.1) is 11.0 Å². The van der Waals surface area contributed by atoms with Gasteiger partial charge in [-0.3, -0.25) is 4.98 Å². The van der Waals surface area contributed by atoms with Gasteiger partial charge in [0, 0.05) is 29.5 Å². The molecule has 0 spiro atoms. The van der Waals surface area contributed by atoms with Gasteiger partial charge in [-0.05, 0) is 34.4 Å². The number of nitrogens with zero attached hydrogens (tertiary/aromatic N) is 2. The molecule has 0 aliphatic carbocycles. The maximum atomic E-state index is 4.76. The summed E-state index contributed by atoms with van der Waals surface area (Å²) in [7, 11) is 2.12. The molecule has 0 bridgehead atoms. The van der Waals surface area contributed by atoms with Crippen molar-refractivity contribution in [3.05, 3.63) is 91.1 Å². The van der Waals surface area contributed by atoms with Crippen LogP contribution in [0.1, 0.15) is 0 Å². The van der Waals surface area contributed by atoms with E-state index in [1.54, 1.807) is 0 Å². The first-order chi connectivity index (χ1) is 12.8. The van der Waals surface area contributed by atoms with Gasteiger partial charge in [0.15, 0.2) is 0 Å². The second-order valence-electron chi connectivity index (χ2n) is 6.54. The van der Waals surface area contributed by atoms with E-state index in [1.807, 2.05) is 12.3 Å². The Morgan fingerprint density at radius 1 is 0.538 bits per heavy atom. The van der Waals surface area contributed by atoms with Crippen LogP contribution in [0.2, 0.25) is 0 Å². The van der Waals surface area contributed by atoms with Crippen LogP contribution in [-0.2, 0) is 7.05 Å². The zero-order valence-corrected chi connectivity index (χ0v) is 14.6. The molecule has 0 amide bonds. The monoisotopic (exact) mass is 334 g/mol. The normalized spacial score (nSPS) is 11.3. The van der Waals surface area contributed by atoms with Crippen molar-refractivity contribution >= 4 is 43.5 Å². The number of hydrogen-bond donors (Lipinski definition) is 0. The molecule has 2 nitrogen and oxygen atoms in total. The van der Waals surface area contributed by atoms with Crippen LogP contribution in [0.25, 0.3) is 43.5 Å². The second-order valence-corrected chi connectivity index (χ2v) is 6.54. The third-order valence-corrected chi connectivity index (χ3v) is 5.10. The van der Waals surface area contributed by atoms with Crippen molar-refractivity contribution < 1.29 is 0 Å². The predicted molar refractivity (Wildman–Crippen MR) is 111 cm³/mol. The third kappa shape index (κ3) is 2.16. The number of fused-ring (bicyclic) bond motifs is 7. The van der Waals surface area contributed by atoms with Crippen LogP contribution >= 0.6 is 0 Å². The molecule has 3 aromatic carbocycles. The largest absolute Gasteiger partial charge is 0.342 e. The van der Waals surface area contributed by atoms with Gasteiger partial charge in [-0.15, -0.1) is 0 Å². The summed E-state index contributed by atoms with van der Waals surface area (Å²) in [6.45, 7) is 0. The minimum Gasteiger partial charge on any atom is -0.342 e. The lowest BCUT2D eigenvalue weighted by Crippen LogP contribution is -1.93. The molecular weight excluding hydrogens is 316 g/mol. The molecule has 124 valence electrons. The van der Waals surface area contributed by atoms with E-state index in [9.17, 15) is 0 Å². The van der Waals surface area contributed by atoms with Crippen molar-refractivity contribution in [1.82, 2.24) is 9.55 Å². The maximum Gasteiger partial charge on any atom is 0.0944 e. The van der Waals surface area contributed by atoms with Crippen LogP contribution in [0.3, 0.4) is 0 Å². The van der Waals surface area contributed by atoms with Crippen molar-refractivity contribution in [1.29, 1.82) is 0 Å². The molecule has 0 fully saturated rings. The van der Waals surface area contributed by atoms with E-state index >= 15 is 0 Å². The van der Waals surface area contributed by atoms with Crippen molar-refractivity contribution in [2.45, 2.75) is 0 Å². The first-order valence-corrected chi connectivity index (χ1v) is 8.81. The fourth-order valence-electron chi connectivity index (χ4n) is 3.88. The fourth-order valence-corrected chi connectivity index (χ4v) is 3.88. The average Bonchev–Trinajstić information content (AvgIpc) is 2.76. The van der Waals surface area contributed by atoms with Crippen LogP contribution in [-0.4, -0.2) is 9.55 Å². The van der Waals surface area contributed by atoms with Gasteiger partial charge in [-0.1, -0.05) is 66.7 Å². The van der Waals surface area contributed by atoms with E-state index in [1.165, 1.54) is 27.1 Å². The lowest BCUT2D eigenvalue weighted by Gasteiger charge is -2.06. The quantitative estimate of drug-likeness (QED) is 0.332. The SMILES string of the molecule is Cn1c2ccccc2c2ccccc2c2ccccc2c2ncccc21. The topological polar surface area (TPSA) is 17.8 Å². The highest BCUT2D eigenvalue weighted by Crippen LogP contribution is 2.30. The molecular formula is C24H18N2. The van der Waals surface area contributed by atoms with E-state index in [2.05, 4.69) is 90.5 Å². The van der Waals surface area contributed by atoms with Crippen LogP contribution in [0.4, 0.5) is 0 Å². The van der Waals surface area contributed by atoms with Gasteiger partial charge in [0.2, 0.25) is 0 Å². The molecule has 26 heavy (non-hydrogen) atoms. The Kier molecular flexibility index (Phi) is 3.36. The van der Waals surface area contributed by atoms with E-state index in [0.717, 1.165) is 16.4 Å². The summed E-state index contributed by atoms with van der Waals surface area (Å²) < 4.78 is 2.25. The summed E-state index contributed by atoms with van der Waals surface area (Å²) in [6, 6.07) is 29.9. The highest BCUT2D eigenvalue weighted by molar-refractivity contribution is 6.18. The molecule has 0 aliphatic rings. The van der Waals surface area contributed by atoms with Crippen LogP contribution in [0, 0.1) is 0 Å². The number of benzene rings is 3. The number of hydrogen-bond acceptors (Lipinski definition) is 1. The summed E-state index contributed by atoms with van der Waals surface area (Å²) in [5.41, 5.74) is 3.30. The van der Waals surface area contributed by atoms with Gasteiger partial charge in [0.1, 0.15) is 0 Å². The molecule has 2 aromatic heterocycles. The highest BCUT2D eigenvalue weighted by atomic mass is 14.9. The summed E-state index contributed by atoms with van der Waals surface area (Å²) in [4.78, 5) is 4.76. The van der Waals surface area contributed by atoms with E-state index in [4.69, 9.17) is 4.98 Å². The number of aryl methyl sites for hydroxylation is 1. The van der Waals surface area contributed by atoms with Gasteiger partial charge >= 0.3 is 0 Å². The minimum absolute atomic E-state index is 1.01. The Hall–Kier alpha value is -3.39. The van der Waals surface area contributed by atoms with Crippen molar-refractivity contribution in [2.75, 3.05) is 0 Å². The summed E-state index contributed by atoms with van der Waals surface area (Å²) in [5.74, 6) is 0. The molecule has 0 aliphatic heterocycles. The average molecular weight is 334 g/mol. The van der Waals surface area contributed by atoms with Crippen molar-refractivity contribution in [2.24, 2.45) is 7.05 Å². The molecule has 2 heterocycles. The molecule has 0 saturated carbocycles. The van der Waals surface area contributed by atoms with Crippen molar-refractivity contribution in [3.63, 3.8) is 0 Å². The Morgan fingerprint density at radius 3 is 1.77 bits per heavy atom. The summed E-state index contributed by atoms with van der Waals surface area (Å²) in [5, 5.41) is 6.10. The fraction of sp³-hybridized carbons (Fsp3) is 0.0417. The third-order valence-electron chi connectivity index (χ3n) is 5.10. The minimum atomic E-state index is 1.01. The molecule has 5 rings (SSSR count). The Morgan fingerprint density at radius 2 is 1.04 bits per heavy atom. The zero-order valence-electron chi connectivity index (χ0n) is 14.6. The summed E-state index contributed by atoms with van der Waals surface area (Å²) >= 11 is 0. The lowest BCUT2D eigenvalue weighted by atomic mass is 10.0. The molecule has 2 heteroatoms. The van der Waals surface area contributed by atoms with E-state index in [0.29, 0.717) is 0 Å². The number of aromatic nitrogens is 2. The standard InChI is InChI=1S/C24H18N2/c1-26-22-14-7-6-12-20(22)18-10-3-2-9-17(18)19-11-4-5-13-21(19)24-23(26)15-8-16-25-24/h2-16H,1H3. The zero-order chi connectivity index (χ0) is 17.5. The first kappa shape index (κ1) is 14.9.